The first kappa shape index (κ1) is 27.3. The number of methoxy groups -OCH3 is 1. The number of ether oxygens (including phenoxy) is 1. The van der Waals surface area contributed by atoms with Crippen molar-refractivity contribution < 1.29 is 23.8 Å². The number of carbonyl (C=O) groups is 2. The minimum absolute atomic E-state index is 0.109. The second-order valence-electron chi connectivity index (χ2n) is 11.3. The Morgan fingerprint density at radius 2 is 2.05 bits per heavy atom. The van der Waals surface area contributed by atoms with Crippen molar-refractivity contribution in [2.24, 2.45) is 5.92 Å². The molecule has 8 rings (SSSR count). The molecule has 3 saturated heterocycles. The molecule has 3 aliphatic heterocycles. The van der Waals surface area contributed by atoms with Gasteiger partial charge in [0.15, 0.2) is 5.82 Å². The molecule has 0 spiro atoms. The van der Waals surface area contributed by atoms with Crippen LogP contribution in [0, 0.1) is 18.7 Å². The van der Waals surface area contributed by atoms with Gasteiger partial charge >= 0.3 is 12.2 Å². The van der Waals surface area contributed by atoms with Crippen LogP contribution < -0.4 is 0 Å². The Balaban J connectivity index is 1.51. The number of rotatable bonds is 4. The first-order chi connectivity index (χ1) is 20.2. The largest absolute Gasteiger partial charge is 0.465 e. The van der Waals surface area contributed by atoms with E-state index in [2.05, 4.69) is 9.55 Å². The van der Waals surface area contributed by atoms with Crippen molar-refractivity contribution in [2.45, 2.75) is 49.3 Å². The minimum Gasteiger partial charge on any atom is -0.465 e. The highest BCUT2D eigenvalue weighted by molar-refractivity contribution is 7.98. The number of thioether (sulfide) groups is 1. The van der Waals surface area contributed by atoms with Gasteiger partial charge in [0.25, 0.3) is 0 Å². The number of aryl methyl sites for hydroxylation is 1. The van der Waals surface area contributed by atoms with Crippen molar-refractivity contribution in [3.8, 4) is 11.3 Å². The van der Waals surface area contributed by atoms with E-state index in [1.54, 1.807) is 17.2 Å². The molecular formula is C30H29ClFN5O4S. The molecule has 1 N–H and O–H groups in total. The van der Waals surface area contributed by atoms with Gasteiger partial charge in [-0.3, -0.25) is 9.88 Å². The molecule has 0 radical (unpaired) electrons. The number of benzene rings is 1. The van der Waals surface area contributed by atoms with Crippen LogP contribution in [-0.2, 0) is 4.74 Å². The van der Waals surface area contributed by atoms with Crippen LogP contribution in [-0.4, -0.2) is 74.1 Å². The number of carboxylic acid groups (broad SMARTS) is 1. The fourth-order valence-corrected chi connectivity index (χ4v) is 8.03. The van der Waals surface area contributed by atoms with Gasteiger partial charge in [0, 0.05) is 47.2 Å². The lowest BCUT2D eigenvalue weighted by Crippen LogP contribution is -2.43. The second-order valence-corrected chi connectivity index (χ2v) is 12.4. The third-order valence-corrected chi connectivity index (χ3v) is 10.4. The van der Waals surface area contributed by atoms with E-state index in [-0.39, 0.29) is 35.3 Å². The quantitative estimate of drug-likeness (QED) is 0.251. The number of fused-ring (bicyclic) bond motifs is 4. The van der Waals surface area contributed by atoms with E-state index in [1.807, 2.05) is 31.4 Å². The number of aromatic nitrogens is 3. The van der Waals surface area contributed by atoms with E-state index < -0.39 is 18.0 Å². The van der Waals surface area contributed by atoms with Crippen molar-refractivity contribution in [3.63, 3.8) is 0 Å². The zero-order chi connectivity index (χ0) is 29.4. The molecular weight excluding hydrogens is 581 g/mol. The van der Waals surface area contributed by atoms with Gasteiger partial charge in [-0.25, -0.2) is 19.0 Å². The number of halogens is 2. The van der Waals surface area contributed by atoms with Gasteiger partial charge in [0.1, 0.15) is 16.2 Å². The van der Waals surface area contributed by atoms with Crippen molar-refractivity contribution in [2.75, 3.05) is 26.5 Å². The first-order valence-electron chi connectivity index (χ1n) is 13.9. The number of likely N-dealkylation sites (tertiary alicyclic amines) is 1. The van der Waals surface area contributed by atoms with Crippen LogP contribution in [0.2, 0.25) is 5.02 Å². The standard InChI is InChI=1S/C30H29ClFN5O4S/c1-14-6-4-7-16(22(14)31)24-23(32)25-18(12-33-24)27-17(28(34-25)42-3)11-20(19-8-5-9-35(19)30(40)41-2)37(27)26-15-10-21(26)36(13-15)29(38)39/h4,6-7,11-12,15,19,21,26H,5,8-10,13H2,1-3H3,(H,38,39)/t15-,19?,21-,26+/m1/s1. The number of hydrogen-bond acceptors (Lipinski definition) is 6. The summed E-state index contributed by atoms with van der Waals surface area (Å²) in [6.45, 7) is 2.86. The van der Waals surface area contributed by atoms with Crippen LogP contribution in [0.1, 0.15) is 42.6 Å². The maximum absolute atomic E-state index is 16.4. The molecule has 218 valence electrons. The van der Waals surface area contributed by atoms with E-state index in [0.717, 1.165) is 41.4 Å². The van der Waals surface area contributed by atoms with Crippen LogP contribution in [0.4, 0.5) is 14.0 Å². The summed E-state index contributed by atoms with van der Waals surface area (Å²) >= 11 is 7.99. The lowest BCUT2D eigenvalue weighted by atomic mass is 9.79. The summed E-state index contributed by atoms with van der Waals surface area (Å²) in [7, 11) is 1.37. The summed E-state index contributed by atoms with van der Waals surface area (Å²) in [6, 6.07) is 6.85. The predicted octanol–water partition coefficient (Wildman–Crippen LogP) is 6.90. The fraction of sp³-hybridized carbons (Fsp3) is 0.400. The topological polar surface area (TPSA) is 101 Å². The average molecular weight is 610 g/mol. The van der Waals surface area contributed by atoms with E-state index >= 15 is 4.39 Å². The predicted molar refractivity (Wildman–Crippen MR) is 159 cm³/mol. The zero-order valence-electron chi connectivity index (χ0n) is 23.3. The van der Waals surface area contributed by atoms with Gasteiger partial charge in [-0.1, -0.05) is 29.8 Å². The Morgan fingerprint density at radius 1 is 1.24 bits per heavy atom. The highest BCUT2D eigenvalue weighted by atomic mass is 35.5. The first-order valence-corrected chi connectivity index (χ1v) is 15.5. The van der Waals surface area contributed by atoms with Gasteiger partial charge in [0.05, 0.1) is 35.8 Å². The summed E-state index contributed by atoms with van der Waals surface area (Å²) in [5, 5.41) is 12.3. The van der Waals surface area contributed by atoms with E-state index in [0.29, 0.717) is 34.1 Å². The SMILES string of the molecule is COC(=O)N1CCCC1c1cc2c(SC)nc3c(F)c(-c4cccc(C)c4Cl)ncc3c2n1[C@H]1[C@@H]2C[C@H]1N(C(=O)O)C2. The minimum atomic E-state index is -0.941. The number of amides is 2. The van der Waals surface area contributed by atoms with Crippen molar-refractivity contribution in [1.29, 1.82) is 0 Å². The zero-order valence-corrected chi connectivity index (χ0v) is 24.9. The molecule has 9 nitrogen and oxygen atoms in total. The summed E-state index contributed by atoms with van der Waals surface area (Å²) in [5.41, 5.74) is 3.26. The number of carbonyl (C=O) groups excluding carboxylic acids is 1. The number of nitrogens with zero attached hydrogens (tertiary/aromatic N) is 5. The maximum atomic E-state index is 16.4. The average Bonchev–Trinajstić information content (AvgIpc) is 3.77. The Morgan fingerprint density at radius 3 is 2.76 bits per heavy atom. The summed E-state index contributed by atoms with van der Waals surface area (Å²) in [4.78, 5) is 37.5. The molecule has 1 saturated carbocycles. The number of pyridine rings is 2. The van der Waals surface area contributed by atoms with Crippen molar-refractivity contribution >= 4 is 57.4 Å². The molecule has 1 aliphatic carbocycles. The van der Waals surface area contributed by atoms with Crippen LogP contribution >= 0.6 is 23.4 Å². The Bertz CT molecular complexity index is 1800. The fourth-order valence-electron chi connectivity index (χ4n) is 7.26. The highest BCUT2D eigenvalue weighted by Gasteiger charge is 2.56. The normalized spacial score (nSPS) is 23.2. The van der Waals surface area contributed by atoms with Crippen LogP contribution in [0.25, 0.3) is 33.1 Å². The van der Waals surface area contributed by atoms with Crippen molar-refractivity contribution in [3.05, 3.63) is 52.6 Å². The molecule has 1 aromatic carbocycles. The molecule has 4 aromatic rings. The third kappa shape index (κ3) is 3.82. The van der Waals surface area contributed by atoms with Gasteiger partial charge in [-0.05, 0) is 44.1 Å². The van der Waals surface area contributed by atoms with Gasteiger partial charge in [0.2, 0.25) is 0 Å². The number of hydrogen-bond donors (Lipinski definition) is 1. The Hall–Kier alpha value is -3.57. The summed E-state index contributed by atoms with van der Waals surface area (Å²) in [6.07, 6.45) is 4.51. The molecule has 4 aliphatic rings. The molecule has 4 fully saturated rings. The van der Waals surface area contributed by atoms with Crippen molar-refractivity contribution in [1.82, 2.24) is 24.3 Å². The lowest BCUT2D eigenvalue weighted by molar-refractivity contribution is 0.112. The van der Waals surface area contributed by atoms with Crippen LogP contribution in [0.5, 0.6) is 0 Å². The van der Waals surface area contributed by atoms with Crippen LogP contribution in [0.3, 0.4) is 0 Å². The van der Waals surface area contributed by atoms with Gasteiger partial charge in [-0.15, -0.1) is 11.8 Å². The Labute approximate surface area is 250 Å². The molecule has 2 bridgehead atoms. The van der Waals surface area contributed by atoms with E-state index in [4.69, 9.17) is 21.3 Å². The van der Waals surface area contributed by atoms with E-state index in [9.17, 15) is 14.7 Å². The van der Waals surface area contributed by atoms with E-state index in [1.165, 1.54) is 23.8 Å². The Kier molecular flexibility index (Phi) is 6.50. The summed E-state index contributed by atoms with van der Waals surface area (Å²) in [5.74, 6) is -0.454. The molecule has 12 heteroatoms. The van der Waals surface area contributed by atoms with Gasteiger partial charge < -0.3 is 19.3 Å². The maximum Gasteiger partial charge on any atom is 0.410 e. The molecule has 42 heavy (non-hydrogen) atoms. The summed E-state index contributed by atoms with van der Waals surface area (Å²) < 4.78 is 23.7. The molecule has 4 atom stereocenters. The molecule has 3 aromatic heterocycles. The molecule has 2 amide bonds. The second kappa shape index (κ2) is 10.0. The van der Waals surface area contributed by atoms with Crippen LogP contribution in [0.15, 0.2) is 35.5 Å². The smallest absolute Gasteiger partial charge is 0.410 e. The monoisotopic (exact) mass is 609 g/mol. The highest BCUT2D eigenvalue weighted by Crippen LogP contribution is 2.54. The third-order valence-electron chi connectivity index (χ3n) is 9.20. The molecule has 6 heterocycles. The lowest BCUT2D eigenvalue weighted by Gasteiger charge is -2.40. The molecule has 1 unspecified atom stereocenters. The van der Waals surface area contributed by atoms with Gasteiger partial charge in [-0.2, -0.15) is 0 Å².